The number of pyridine rings is 1. The number of nitrogens with zero attached hydrogens (tertiary/aromatic N) is 3. The fourth-order valence-electron chi connectivity index (χ4n) is 4.19. The van der Waals surface area contributed by atoms with E-state index in [9.17, 15) is 17.6 Å². The van der Waals surface area contributed by atoms with Crippen molar-refractivity contribution in [3.8, 4) is 0 Å². The first-order valence-corrected chi connectivity index (χ1v) is 12.8. The maximum Gasteiger partial charge on any atom is 0.216 e. The van der Waals surface area contributed by atoms with Gasteiger partial charge in [-0.15, -0.1) is 0 Å². The molecule has 5 rings (SSSR count). The Morgan fingerprint density at radius 1 is 1.03 bits per heavy atom. The van der Waals surface area contributed by atoms with Crippen molar-refractivity contribution in [2.24, 2.45) is 5.10 Å². The lowest BCUT2D eigenvalue weighted by atomic mass is 10.0. The molecule has 1 atom stereocenters. The van der Waals surface area contributed by atoms with Crippen LogP contribution < -0.4 is 10.2 Å². The van der Waals surface area contributed by atoms with Crippen LogP contribution in [0.4, 0.5) is 4.39 Å². The third-order valence-electron chi connectivity index (χ3n) is 6.07. The topological polar surface area (TPSA) is 91.7 Å². The van der Waals surface area contributed by atoms with Gasteiger partial charge in [0, 0.05) is 49.2 Å². The first-order chi connectivity index (χ1) is 16.8. The molecule has 0 bridgehead atoms. The highest BCUT2D eigenvalue weighted by Crippen LogP contribution is 2.23. The molecule has 3 aromatic carbocycles. The van der Waals surface area contributed by atoms with E-state index >= 15 is 0 Å². The third kappa shape index (κ3) is 5.06. The van der Waals surface area contributed by atoms with E-state index in [0.717, 1.165) is 5.56 Å². The van der Waals surface area contributed by atoms with Crippen LogP contribution in [0.15, 0.2) is 76.8 Å². The molecule has 9 heteroatoms. The summed E-state index contributed by atoms with van der Waals surface area (Å²) in [5.41, 5.74) is 2.43. The number of fused-ring (bicyclic) bond motifs is 2. The SMILES string of the molecule is CN1CC(c2cnc3ccc4ccc(CS(=O)(=O)NCc5ccc(F)cc5)cc4c(=O)c3c2)C=N1. The highest BCUT2D eigenvalue weighted by Gasteiger charge is 2.18. The molecule has 0 fully saturated rings. The van der Waals surface area contributed by atoms with Crippen molar-refractivity contribution in [1.82, 2.24) is 14.7 Å². The molecule has 1 N–H and O–H groups in total. The largest absolute Gasteiger partial charge is 0.299 e. The van der Waals surface area contributed by atoms with Gasteiger partial charge in [-0.05, 0) is 52.4 Å². The number of hydrazone groups is 1. The van der Waals surface area contributed by atoms with Crippen LogP contribution in [0.25, 0.3) is 21.7 Å². The van der Waals surface area contributed by atoms with Gasteiger partial charge in [-0.3, -0.25) is 14.8 Å². The molecule has 7 nitrogen and oxygen atoms in total. The number of hydrogen-bond donors (Lipinski definition) is 1. The smallest absolute Gasteiger partial charge is 0.216 e. The van der Waals surface area contributed by atoms with Crippen molar-refractivity contribution in [3.63, 3.8) is 0 Å². The molecule has 4 aromatic rings. The van der Waals surface area contributed by atoms with E-state index in [2.05, 4.69) is 14.8 Å². The number of aromatic nitrogens is 1. The van der Waals surface area contributed by atoms with Crippen LogP contribution in [-0.2, 0) is 22.3 Å². The van der Waals surface area contributed by atoms with Crippen LogP contribution in [0, 0.1) is 5.82 Å². The normalized spacial score (nSPS) is 15.8. The molecular formula is C26H23FN4O3S. The maximum atomic E-state index is 13.5. The van der Waals surface area contributed by atoms with Crippen molar-refractivity contribution in [3.05, 3.63) is 99.6 Å². The third-order valence-corrected chi connectivity index (χ3v) is 7.36. The molecule has 1 aliphatic rings. The van der Waals surface area contributed by atoms with Crippen molar-refractivity contribution in [1.29, 1.82) is 0 Å². The van der Waals surface area contributed by atoms with E-state index in [4.69, 9.17) is 0 Å². The zero-order chi connectivity index (χ0) is 24.6. The molecule has 2 heterocycles. The Hall–Kier alpha value is -3.69. The first kappa shape index (κ1) is 23.1. The Morgan fingerprint density at radius 3 is 2.51 bits per heavy atom. The van der Waals surface area contributed by atoms with Crippen molar-refractivity contribution in [2.75, 3.05) is 13.6 Å². The number of sulfonamides is 1. The summed E-state index contributed by atoms with van der Waals surface area (Å²) in [7, 11) is -1.79. The molecule has 1 aromatic heterocycles. The number of hydrogen-bond acceptors (Lipinski definition) is 6. The van der Waals surface area contributed by atoms with Crippen LogP contribution in [0.2, 0.25) is 0 Å². The quantitative estimate of drug-likeness (QED) is 0.447. The second kappa shape index (κ2) is 9.16. The standard InChI is InChI=1S/C26H23FN4O3S/c1-31-15-21(14-29-31)20-11-24-25(28-13-20)9-6-19-5-2-18(10-23(19)26(24)32)16-35(33,34)30-12-17-3-7-22(27)8-4-17/h2-11,13-14,21,30H,12,15-16H2,1H3. The predicted octanol–water partition coefficient (Wildman–Crippen LogP) is 3.52. The first-order valence-electron chi connectivity index (χ1n) is 11.1. The summed E-state index contributed by atoms with van der Waals surface area (Å²) in [6.45, 7) is 0.769. The second-order valence-electron chi connectivity index (χ2n) is 8.70. The number of benzene rings is 2. The summed E-state index contributed by atoms with van der Waals surface area (Å²) >= 11 is 0. The molecule has 0 radical (unpaired) electrons. The average Bonchev–Trinajstić information content (AvgIpc) is 3.23. The minimum Gasteiger partial charge on any atom is -0.299 e. The molecule has 35 heavy (non-hydrogen) atoms. The Kier molecular flexibility index (Phi) is 6.04. The minimum atomic E-state index is -3.68. The van der Waals surface area contributed by atoms with E-state index < -0.39 is 10.0 Å². The van der Waals surface area contributed by atoms with Crippen LogP contribution in [0.5, 0.6) is 0 Å². The summed E-state index contributed by atoms with van der Waals surface area (Å²) in [5.74, 6) is -0.608. The maximum absolute atomic E-state index is 13.5. The van der Waals surface area contributed by atoms with Gasteiger partial charge in [0.15, 0.2) is 5.43 Å². The molecule has 1 aliphatic heterocycles. The fourth-order valence-corrected chi connectivity index (χ4v) is 5.30. The Labute approximate surface area is 202 Å². The van der Waals surface area contributed by atoms with Crippen LogP contribution in [0.3, 0.4) is 0 Å². The lowest BCUT2D eigenvalue weighted by Crippen LogP contribution is -2.24. The lowest BCUT2D eigenvalue weighted by molar-refractivity contribution is 0.381. The van der Waals surface area contributed by atoms with Crippen molar-refractivity contribution < 1.29 is 12.8 Å². The van der Waals surface area contributed by atoms with E-state index in [-0.39, 0.29) is 29.5 Å². The molecular weight excluding hydrogens is 467 g/mol. The Balaban J connectivity index is 1.46. The number of likely N-dealkylation sites (N-methyl/N-ethyl adjacent to an activating group) is 1. The van der Waals surface area contributed by atoms with E-state index in [1.807, 2.05) is 30.4 Å². The summed E-state index contributed by atoms with van der Waals surface area (Å²) in [5, 5.41) is 7.72. The second-order valence-corrected chi connectivity index (χ2v) is 10.5. The monoisotopic (exact) mass is 490 g/mol. The Bertz CT molecular complexity index is 1620. The Morgan fingerprint density at radius 2 is 1.77 bits per heavy atom. The van der Waals surface area contributed by atoms with Gasteiger partial charge in [0.2, 0.25) is 10.0 Å². The fraction of sp³-hybridized carbons (Fsp3) is 0.192. The zero-order valence-corrected chi connectivity index (χ0v) is 19.8. The molecule has 0 spiro atoms. The van der Waals surface area contributed by atoms with E-state index in [1.165, 1.54) is 24.3 Å². The van der Waals surface area contributed by atoms with E-state index in [0.29, 0.717) is 39.3 Å². The van der Waals surface area contributed by atoms with Crippen LogP contribution in [-0.4, -0.2) is 38.2 Å². The van der Waals surface area contributed by atoms with Gasteiger partial charge in [0.05, 0.1) is 11.3 Å². The van der Waals surface area contributed by atoms with E-state index in [1.54, 1.807) is 30.5 Å². The molecule has 0 saturated carbocycles. The predicted molar refractivity (Wildman–Crippen MR) is 135 cm³/mol. The molecule has 1 unspecified atom stereocenters. The van der Waals surface area contributed by atoms with Crippen molar-refractivity contribution >= 4 is 37.9 Å². The molecule has 0 saturated heterocycles. The zero-order valence-electron chi connectivity index (χ0n) is 19.0. The van der Waals surface area contributed by atoms with Crippen LogP contribution in [0.1, 0.15) is 22.6 Å². The van der Waals surface area contributed by atoms with Gasteiger partial charge in [-0.1, -0.05) is 30.3 Å². The number of rotatable bonds is 6. The molecule has 0 aliphatic carbocycles. The van der Waals surface area contributed by atoms with Crippen LogP contribution >= 0.6 is 0 Å². The number of nitrogens with one attached hydrogen (secondary N) is 1. The van der Waals surface area contributed by atoms with Crippen molar-refractivity contribution in [2.45, 2.75) is 18.2 Å². The van der Waals surface area contributed by atoms with Gasteiger partial charge in [0.1, 0.15) is 5.82 Å². The van der Waals surface area contributed by atoms with Gasteiger partial charge < -0.3 is 0 Å². The van der Waals surface area contributed by atoms with Gasteiger partial charge in [-0.25, -0.2) is 17.5 Å². The molecule has 178 valence electrons. The van der Waals surface area contributed by atoms with Gasteiger partial charge in [0.25, 0.3) is 0 Å². The lowest BCUT2D eigenvalue weighted by Gasteiger charge is -2.10. The van der Waals surface area contributed by atoms with Gasteiger partial charge in [-0.2, -0.15) is 5.10 Å². The summed E-state index contributed by atoms with van der Waals surface area (Å²) in [6.07, 6.45) is 3.61. The number of halogens is 1. The summed E-state index contributed by atoms with van der Waals surface area (Å²) in [6, 6.07) is 16.2. The highest BCUT2D eigenvalue weighted by molar-refractivity contribution is 7.88. The molecule has 0 amide bonds. The summed E-state index contributed by atoms with van der Waals surface area (Å²) < 4.78 is 40.9. The van der Waals surface area contributed by atoms with Gasteiger partial charge >= 0.3 is 0 Å². The average molecular weight is 491 g/mol. The highest BCUT2D eigenvalue weighted by atomic mass is 32.2. The minimum absolute atomic E-state index is 0.0523. The summed E-state index contributed by atoms with van der Waals surface area (Å²) in [4.78, 5) is 18.0.